The topological polar surface area (TPSA) is 62.6 Å². The van der Waals surface area contributed by atoms with E-state index in [-0.39, 0.29) is 11.8 Å². The van der Waals surface area contributed by atoms with E-state index in [2.05, 4.69) is 24.5 Å². The fraction of sp³-hybridized carbons (Fsp3) is 0.500. The van der Waals surface area contributed by atoms with Crippen molar-refractivity contribution in [2.45, 2.75) is 46.0 Å². The summed E-state index contributed by atoms with van der Waals surface area (Å²) in [5, 5.41) is 6.84. The average Bonchev–Trinajstić information content (AvgIpc) is 3.07. The first kappa shape index (κ1) is 21.1. The number of hydrogen-bond donors (Lipinski definition) is 3. The van der Waals surface area contributed by atoms with Crippen molar-refractivity contribution in [2.24, 2.45) is 11.8 Å². The molecule has 1 fully saturated rings. The molecule has 5 nitrogen and oxygen atoms in total. The van der Waals surface area contributed by atoms with Crippen LogP contribution in [0.4, 0.5) is 10.7 Å². The number of benzene rings is 1. The van der Waals surface area contributed by atoms with Gasteiger partial charge in [0.1, 0.15) is 5.00 Å². The molecule has 3 N–H and O–H groups in total. The molecule has 2 amide bonds. The van der Waals surface area contributed by atoms with Crippen LogP contribution in [-0.4, -0.2) is 31.4 Å². The third-order valence-electron chi connectivity index (χ3n) is 6.42. The largest absolute Gasteiger partial charge is 0.327 e. The maximum atomic E-state index is 13.2. The predicted octanol–water partition coefficient (Wildman–Crippen LogP) is 3.38. The lowest BCUT2D eigenvalue weighted by atomic mass is 9.88. The molecule has 2 aliphatic rings. The molecule has 0 unspecified atom stereocenters. The molecule has 4 rings (SSSR count). The van der Waals surface area contributed by atoms with Gasteiger partial charge >= 0.3 is 0 Å². The molecule has 30 heavy (non-hydrogen) atoms. The Morgan fingerprint density at radius 2 is 1.77 bits per heavy atom. The Hall–Kier alpha value is -2.18. The number of fused-ring (bicyclic) bond motifs is 1. The third-order valence-corrected chi connectivity index (χ3v) is 7.59. The van der Waals surface area contributed by atoms with Crippen molar-refractivity contribution in [3.63, 3.8) is 0 Å². The number of nitrogens with one attached hydrogen (secondary N) is 3. The molecule has 6 heteroatoms. The summed E-state index contributed by atoms with van der Waals surface area (Å²) < 4.78 is 0. The number of rotatable bonds is 5. The van der Waals surface area contributed by atoms with E-state index in [1.54, 1.807) is 11.3 Å². The van der Waals surface area contributed by atoms with E-state index in [1.807, 2.05) is 30.3 Å². The summed E-state index contributed by atoms with van der Waals surface area (Å²) in [5.41, 5.74) is 2.57. The zero-order chi connectivity index (χ0) is 21.1. The van der Waals surface area contributed by atoms with Crippen LogP contribution in [0.15, 0.2) is 30.3 Å². The minimum absolute atomic E-state index is 0.0139. The summed E-state index contributed by atoms with van der Waals surface area (Å²) >= 11 is 1.59. The zero-order valence-electron chi connectivity index (χ0n) is 17.9. The van der Waals surface area contributed by atoms with Crippen molar-refractivity contribution in [3.8, 4) is 0 Å². The molecule has 0 saturated carbocycles. The fourth-order valence-electron chi connectivity index (χ4n) is 4.54. The van der Waals surface area contributed by atoms with Crippen molar-refractivity contribution in [1.29, 1.82) is 0 Å². The Balaban J connectivity index is 1.52. The average molecular weight is 427 g/mol. The SMILES string of the molecule is CC1CC[NH+](CC(=O)Nc2sc3c(c2C(=O)Nc2ccccc2)CC[C@@H](C)C3)CC1. The highest BCUT2D eigenvalue weighted by atomic mass is 32.1. The molecule has 0 bridgehead atoms. The zero-order valence-corrected chi connectivity index (χ0v) is 18.7. The smallest absolute Gasteiger partial charge is 0.280 e. The standard InChI is InChI=1S/C24H31N3O2S/c1-16-10-12-27(13-11-16)15-21(28)26-24-22(19-9-8-17(2)14-20(19)30-24)23(29)25-18-6-4-3-5-7-18/h3-7,16-17H,8-15H2,1-2H3,(H,25,29)(H,26,28)/p+1/t17-/m1/s1. The third kappa shape index (κ3) is 4.93. The van der Waals surface area contributed by atoms with Crippen LogP contribution in [0, 0.1) is 11.8 Å². The molecule has 1 aliphatic heterocycles. The van der Waals surface area contributed by atoms with Crippen LogP contribution < -0.4 is 15.5 Å². The number of carbonyl (C=O) groups is 2. The van der Waals surface area contributed by atoms with Crippen LogP contribution in [0.3, 0.4) is 0 Å². The molecular weight excluding hydrogens is 394 g/mol. The first-order valence-corrected chi connectivity index (χ1v) is 12.0. The molecule has 2 heterocycles. The number of carbonyl (C=O) groups excluding carboxylic acids is 2. The van der Waals surface area contributed by atoms with Crippen LogP contribution in [0.25, 0.3) is 0 Å². The molecule has 0 radical (unpaired) electrons. The Morgan fingerprint density at radius 3 is 2.50 bits per heavy atom. The minimum Gasteiger partial charge on any atom is -0.327 e. The normalized spacial score (nSPS) is 23.5. The molecular formula is C24H32N3O2S+. The molecule has 160 valence electrons. The quantitative estimate of drug-likeness (QED) is 0.686. The molecule has 0 spiro atoms. The van der Waals surface area contributed by atoms with Crippen molar-refractivity contribution in [3.05, 3.63) is 46.3 Å². The van der Waals surface area contributed by atoms with E-state index < -0.39 is 0 Å². The van der Waals surface area contributed by atoms with Crippen molar-refractivity contribution >= 4 is 33.8 Å². The van der Waals surface area contributed by atoms with Crippen LogP contribution in [-0.2, 0) is 17.6 Å². The van der Waals surface area contributed by atoms with Gasteiger partial charge in [0.2, 0.25) is 0 Å². The monoisotopic (exact) mass is 426 g/mol. The lowest BCUT2D eigenvalue weighted by Crippen LogP contribution is -3.14. The van der Waals surface area contributed by atoms with E-state index in [1.165, 1.54) is 22.6 Å². The van der Waals surface area contributed by atoms with Gasteiger partial charge in [0.15, 0.2) is 6.54 Å². The van der Waals surface area contributed by atoms with Gasteiger partial charge in [0.25, 0.3) is 11.8 Å². The number of piperidine rings is 1. The molecule has 1 aliphatic carbocycles. The number of quaternary nitrogens is 1. The Labute approximate surface area is 182 Å². The summed E-state index contributed by atoms with van der Waals surface area (Å²) in [6.45, 7) is 7.12. The minimum atomic E-state index is -0.123. The van der Waals surface area contributed by atoms with E-state index in [4.69, 9.17) is 0 Å². The van der Waals surface area contributed by atoms with E-state index in [0.29, 0.717) is 18.0 Å². The van der Waals surface area contributed by atoms with Gasteiger partial charge < -0.3 is 15.5 Å². The first-order chi connectivity index (χ1) is 14.5. The highest BCUT2D eigenvalue weighted by Crippen LogP contribution is 2.40. The van der Waals surface area contributed by atoms with Crippen LogP contribution >= 0.6 is 11.3 Å². The van der Waals surface area contributed by atoms with E-state index in [9.17, 15) is 9.59 Å². The van der Waals surface area contributed by atoms with Crippen molar-refractivity contribution in [2.75, 3.05) is 30.3 Å². The number of likely N-dealkylation sites (tertiary alicyclic amines) is 1. The van der Waals surface area contributed by atoms with Gasteiger partial charge in [-0.3, -0.25) is 9.59 Å². The van der Waals surface area contributed by atoms with Crippen molar-refractivity contribution < 1.29 is 14.5 Å². The van der Waals surface area contributed by atoms with Crippen LogP contribution in [0.5, 0.6) is 0 Å². The van der Waals surface area contributed by atoms with Gasteiger partial charge in [-0.05, 0) is 61.6 Å². The number of amides is 2. The summed E-state index contributed by atoms with van der Waals surface area (Å²) in [6, 6.07) is 9.52. The van der Waals surface area contributed by atoms with Crippen LogP contribution in [0.1, 0.15) is 53.9 Å². The highest BCUT2D eigenvalue weighted by Gasteiger charge is 2.29. The summed E-state index contributed by atoms with van der Waals surface area (Å²) in [4.78, 5) is 28.6. The number of thiophene rings is 1. The highest BCUT2D eigenvalue weighted by molar-refractivity contribution is 7.17. The predicted molar refractivity (Wildman–Crippen MR) is 122 cm³/mol. The molecule has 1 saturated heterocycles. The lowest BCUT2D eigenvalue weighted by Gasteiger charge is -2.26. The van der Waals surface area contributed by atoms with E-state index in [0.717, 1.165) is 54.5 Å². The van der Waals surface area contributed by atoms with Gasteiger partial charge in [0, 0.05) is 10.6 Å². The molecule has 1 atom stereocenters. The Kier molecular flexibility index (Phi) is 6.54. The van der Waals surface area contributed by atoms with Crippen LogP contribution in [0.2, 0.25) is 0 Å². The molecule has 2 aromatic rings. The first-order valence-electron chi connectivity index (χ1n) is 11.1. The second-order valence-electron chi connectivity index (χ2n) is 9.03. The summed E-state index contributed by atoms with van der Waals surface area (Å²) in [6.07, 6.45) is 5.32. The van der Waals surface area contributed by atoms with Crippen molar-refractivity contribution in [1.82, 2.24) is 0 Å². The number of hydrogen-bond acceptors (Lipinski definition) is 3. The maximum Gasteiger partial charge on any atom is 0.280 e. The van der Waals surface area contributed by atoms with Gasteiger partial charge in [-0.2, -0.15) is 0 Å². The summed E-state index contributed by atoms with van der Waals surface area (Å²) in [5.74, 6) is 1.27. The number of para-hydroxylation sites is 1. The number of anilines is 2. The van der Waals surface area contributed by atoms with E-state index >= 15 is 0 Å². The Morgan fingerprint density at radius 1 is 1.03 bits per heavy atom. The van der Waals surface area contributed by atoms with Gasteiger partial charge in [-0.1, -0.05) is 32.0 Å². The molecule has 1 aromatic carbocycles. The second-order valence-corrected chi connectivity index (χ2v) is 10.1. The maximum absolute atomic E-state index is 13.2. The van der Waals surface area contributed by atoms with Gasteiger partial charge in [-0.25, -0.2) is 0 Å². The fourth-order valence-corrected chi connectivity index (χ4v) is 5.96. The Bertz CT molecular complexity index is 901. The lowest BCUT2D eigenvalue weighted by molar-refractivity contribution is -0.897. The summed E-state index contributed by atoms with van der Waals surface area (Å²) in [7, 11) is 0. The van der Waals surface area contributed by atoms with Gasteiger partial charge in [-0.15, -0.1) is 11.3 Å². The molecule has 1 aromatic heterocycles. The van der Waals surface area contributed by atoms with Gasteiger partial charge in [0.05, 0.1) is 18.7 Å². The second kappa shape index (κ2) is 9.31.